The van der Waals surface area contributed by atoms with Crippen LogP contribution in [0.5, 0.6) is 0 Å². The van der Waals surface area contributed by atoms with Crippen LogP contribution in [0.1, 0.15) is 32.8 Å². The predicted molar refractivity (Wildman–Crippen MR) is 115 cm³/mol. The number of imide groups is 1. The molecule has 0 aromatic heterocycles. The Labute approximate surface area is 176 Å². The van der Waals surface area contributed by atoms with Crippen molar-refractivity contribution in [3.8, 4) is 0 Å². The second-order valence-corrected chi connectivity index (χ2v) is 17.8. The second-order valence-electron chi connectivity index (χ2n) is 7.98. The molecule has 2 aromatic rings. The molecule has 3 unspecified atom stereocenters. The van der Waals surface area contributed by atoms with Crippen LogP contribution in [0.25, 0.3) is 6.08 Å². The first-order valence-electron chi connectivity index (χ1n) is 9.60. The number of hydrogen-bond acceptors (Lipinski definition) is 4. The van der Waals surface area contributed by atoms with E-state index in [1.165, 1.54) is 31.8 Å². The molecule has 140 valence electrons. The monoisotopic (exact) mass is 492 g/mol. The van der Waals surface area contributed by atoms with Gasteiger partial charge in [-0.05, 0) is 0 Å². The molecular formula is C22H21InN2O2S. The van der Waals surface area contributed by atoms with E-state index in [0.29, 0.717) is 6.04 Å². The number of amides is 2. The molecule has 1 fully saturated rings. The summed E-state index contributed by atoms with van der Waals surface area (Å²) in [7, 11) is 4.27. The third kappa shape index (κ3) is 2.88. The zero-order chi connectivity index (χ0) is 19.4. The number of benzene rings is 2. The van der Waals surface area contributed by atoms with Crippen LogP contribution in [-0.4, -0.2) is 56.8 Å². The first-order chi connectivity index (χ1) is 13.5. The molecule has 2 amide bonds. The number of nitrogens with one attached hydrogen (secondary N) is 1. The van der Waals surface area contributed by atoms with Gasteiger partial charge in [-0.2, -0.15) is 0 Å². The summed E-state index contributed by atoms with van der Waals surface area (Å²) in [5.74, 6) is -0.0939. The molecule has 28 heavy (non-hydrogen) atoms. The van der Waals surface area contributed by atoms with Gasteiger partial charge in [-0.25, -0.2) is 0 Å². The summed E-state index contributed by atoms with van der Waals surface area (Å²) < 4.78 is 3.37. The van der Waals surface area contributed by atoms with Gasteiger partial charge < -0.3 is 0 Å². The molecule has 0 radical (unpaired) electrons. The normalized spacial score (nSPS) is 23.4. The van der Waals surface area contributed by atoms with Crippen LogP contribution in [0.2, 0.25) is 0 Å². The van der Waals surface area contributed by atoms with Crippen molar-refractivity contribution in [2.75, 3.05) is 14.1 Å². The van der Waals surface area contributed by atoms with E-state index in [-0.39, 0.29) is 20.1 Å². The van der Waals surface area contributed by atoms with Crippen molar-refractivity contribution < 1.29 is 9.59 Å². The molecule has 3 heterocycles. The van der Waals surface area contributed by atoms with E-state index in [2.05, 4.69) is 78.9 Å². The Hall–Kier alpha value is -1.50. The van der Waals surface area contributed by atoms with Crippen LogP contribution in [0.4, 0.5) is 4.79 Å². The van der Waals surface area contributed by atoms with Crippen LogP contribution in [-0.2, 0) is 4.79 Å². The van der Waals surface area contributed by atoms with Crippen LogP contribution in [0, 0.1) is 0 Å². The third-order valence-electron chi connectivity index (χ3n) is 6.24. The number of nitrogens with zero attached hydrogens (tertiary/aromatic N) is 1. The fraction of sp³-hybridized carbons (Fsp3) is 0.273. The summed E-state index contributed by atoms with van der Waals surface area (Å²) in [6.45, 7) is 0. The van der Waals surface area contributed by atoms with Gasteiger partial charge in [-0.1, -0.05) is 0 Å². The van der Waals surface area contributed by atoms with Crippen molar-refractivity contribution >= 4 is 53.7 Å². The van der Waals surface area contributed by atoms with Gasteiger partial charge in [0.25, 0.3) is 0 Å². The Morgan fingerprint density at radius 3 is 2.54 bits per heavy atom. The molecule has 0 aliphatic carbocycles. The minimum absolute atomic E-state index is 0.0939. The van der Waals surface area contributed by atoms with Gasteiger partial charge in [0.05, 0.1) is 0 Å². The first kappa shape index (κ1) is 18.5. The van der Waals surface area contributed by atoms with Crippen LogP contribution in [0.3, 0.4) is 0 Å². The standard InChI is InChI=1S/C22H21N2O2S.In/c1-24(2)19(17-10-4-3-5-11-17)14-8-13-16-9-6-7-12-18(16)15-20-21(25)23-22(26)27-20;/h3-7,10-13,15,19-20H,14H2,1-2H3,(H,23,25,26);. The number of carbonyl (C=O) groups is 2. The fourth-order valence-corrected chi connectivity index (χ4v) is 19.5. The van der Waals surface area contributed by atoms with E-state index in [1.54, 1.807) is 3.33 Å². The first-order valence-corrected chi connectivity index (χ1v) is 15.7. The number of carbonyl (C=O) groups excluding carboxylic acids is 2. The zero-order valence-electron chi connectivity index (χ0n) is 15.9. The molecular weight excluding hydrogens is 471 g/mol. The molecule has 4 bridgehead atoms. The molecule has 3 atom stereocenters. The van der Waals surface area contributed by atoms with E-state index < -0.39 is 21.4 Å². The quantitative estimate of drug-likeness (QED) is 0.698. The van der Waals surface area contributed by atoms with Crippen molar-refractivity contribution in [2.24, 2.45) is 0 Å². The molecule has 2 aromatic carbocycles. The molecule has 4 nitrogen and oxygen atoms in total. The average molecular weight is 492 g/mol. The summed E-state index contributed by atoms with van der Waals surface area (Å²) in [5.41, 5.74) is 4.00. The number of hydrogen-bond donors (Lipinski definition) is 1. The molecule has 0 spiro atoms. The SMILES string of the molecule is CN(C)C(C[C]1=Cc2c3ccc[c]2[In]1[CH]3C1SC(=O)NC1=O)c1ccccc1. The summed E-state index contributed by atoms with van der Waals surface area (Å²) in [6.07, 6.45) is 3.43. The Bertz CT molecular complexity index is 1000. The average Bonchev–Trinajstić information content (AvgIpc) is 3.25. The Balaban J connectivity index is 1.50. The maximum atomic E-state index is 12.5. The zero-order valence-corrected chi connectivity index (χ0v) is 20.0. The predicted octanol–water partition coefficient (Wildman–Crippen LogP) is 3.01. The van der Waals surface area contributed by atoms with Gasteiger partial charge in [-0.3, -0.25) is 0 Å². The fourth-order valence-electron chi connectivity index (χ4n) is 5.04. The molecule has 3 aliphatic rings. The minimum atomic E-state index is -2.43. The van der Waals surface area contributed by atoms with E-state index in [9.17, 15) is 9.59 Å². The number of rotatable bonds is 5. The van der Waals surface area contributed by atoms with E-state index in [1.807, 2.05) is 0 Å². The van der Waals surface area contributed by atoms with E-state index in [0.717, 1.165) is 6.42 Å². The topological polar surface area (TPSA) is 49.4 Å². The summed E-state index contributed by atoms with van der Waals surface area (Å²) >= 11 is -1.23. The van der Waals surface area contributed by atoms with Crippen LogP contribution >= 0.6 is 11.8 Å². The van der Waals surface area contributed by atoms with Crippen molar-refractivity contribution in [1.29, 1.82) is 0 Å². The summed E-state index contributed by atoms with van der Waals surface area (Å²) in [5, 5.41) is 2.07. The number of thioether (sulfide) groups is 1. The molecule has 1 N–H and O–H groups in total. The Morgan fingerprint density at radius 2 is 1.89 bits per heavy atom. The van der Waals surface area contributed by atoms with Crippen LogP contribution < -0.4 is 8.64 Å². The molecule has 5 rings (SSSR count). The van der Waals surface area contributed by atoms with Gasteiger partial charge in [0.1, 0.15) is 0 Å². The molecule has 3 aliphatic heterocycles. The van der Waals surface area contributed by atoms with Crippen molar-refractivity contribution in [3.63, 3.8) is 0 Å². The Morgan fingerprint density at radius 1 is 1.11 bits per heavy atom. The maximum absolute atomic E-state index is 12.5. The Kier molecular flexibility index (Phi) is 4.68. The summed E-state index contributed by atoms with van der Waals surface area (Å²) in [6, 6.07) is 17.6. The van der Waals surface area contributed by atoms with E-state index in [4.69, 9.17) is 0 Å². The third-order valence-corrected chi connectivity index (χ3v) is 19.1. The van der Waals surface area contributed by atoms with Crippen molar-refractivity contribution in [3.05, 3.63) is 68.6 Å². The van der Waals surface area contributed by atoms with Crippen molar-refractivity contribution in [1.82, 2.24) is 10.2 Å². The van der Waals surface area contributed by atoms with Gasteiger partial charge >= 0.3 is 178 Å². The van der Waals surface area contributed by atoms with Gasteiger partial charge in [0.15, 0.2) is 0 Å². The molecule has 1 saturated heterocycles. The molecule has 0 saturated carbocycles. The van der Waals surface area contributed by atoms with Crippen LogP contribution in [0.15, 0.2) is 51.9 Å². The second kappa shape index (κ2) is 7.08. The summed E-state index contributed by atoms with van der Waals surface area (Å²) in [4.78, 5) is 26.6. The van der Waals surface area contributed by atoms with Gasteiger partial charge in [0, 0.05) is 0 Å². The van der Waals surface area contributed by atoms with E-state index >= 15 is 0 Å². The molecule has 6 heteroatoms. The van der Waals surface area contributed by atoms with Crippen molar-refractivity contribution in [2.45, 2.75) is 21.4 Å². The van der Waals surface area contributed by atoms with Gasteiger partial charge in [0.2, 0.25) is 0 Å². The van der Waals surface area contributed by atoms with Gasteiger partial charge in [-0.15, -0.1) is 0 Å².